The molecule has 0 aromatic heterocycles. The van der Waals surface area contributed by atoms with Crippen LogP contribution in [0.3, 0.4) is 0 Å². The van der Waals surface area contributed by atoms with Crippen LogP contribution in [-0.4, -0.2) is 24.2 Å². The number of hydrogen-bond donors (Lipinski definition) is 2. The number of hydrogen-bond acceptors (Lipinski definition) is 2. The molecule has 1 unspecified atom stereocenters. The molecule has 0 spiro atoms. The minimum atomic E-state index is 0.235. The van der Waals surface area contributed by atoms with Crippen molar-refractivity contribution in [2.24, 2.45) is 35.5 Å². The number of amides is 1. The molecule has 1 amide bonds. The highest BCUT2D eigenvalue weighted by atomic mass is 16.3. The first kappa shape index (κ1) is 15.3. The van der Waals surface area contributed by atoms with E-state index in [-0.39, 0.29) is 6.61 Å². The van der Waals surface area contributed by atoms with Crippen LogP contribution < -0.4 is 5.32 Å². The number of carbonyl (C=O) groups is 1. The van der Waals surface area contributed by atoms with E-state index in [2.05, 4.69) is 12.2 Å². The third-order valence-corrected chi connectivity index (χ3v) is 6.33. The van der Waals surface area contributed by atoms with Crippen LogP contribution >= 0.6 is 0 Å². The lowest BCUT2D eigenvalue weighted by molar-refractivity contribution is -0.138. The van der Waals surface area contributed by atoms with Gasteiger partial charge in [0.1, 0.15) is 0 Å². The van der Waals surface area contributed by atoms with Gasteiger partial charge < -0.3 is 10.4 Å². The van der Waals surface area contributed by atoms with Crippen LogP contribution in [0.25, 0.3) is 0 Å². The average Bonchev–Trinajstić information content (AvgIpc) is 2.44. The van der Waals surface area contributed by atoms with E-state index >= 15 is 0 Å². The van der Waals surface area contributed by atoms with Crippen molar-refractivity contribution < 1.29 is 9.90 Å². The van der Waals surface area contributed by atoms with Gasteiger partial charge in [-0.25, -0.2) is 0 Å². The van der Waals surface area contributed by atoms with Crippen LogP contribution in [0, 0.1) is 35.5 Å². The molecule has 0 aliphatic heterocycles. The standard InChI is InChI=1S/C18H31NO2/c1-2-3-12(4-5-20)11-19-18(21)17-15-7-13-6-14(9-15)10-16(17)8-13/h12-17,20H,2-11H2,1H3,(H,19,21). The molecular formula is C18H31NO2. The van der Waals surface area contributed by atoms with Gasteiger partial charge in [-0.2, -0.15) is 0 Å². The summed E-state index contributed by atoms with van der Waals surface area (Å²) in [5.41, 5.74) is 0. The van der Waals surface area contributed by atoms with Crippen molar-refractivity contribution in [3.8, 4) is 0 Å². The zero-order valence-corrected chi connectivity index (χ0v) is 13.4. The van der Waals surface area contributed by atoms with Crippen LogP contribution in [0.15, 0.2) is 0 Å². The molecule has 4 rings (SSSR count). The van der Waals surface area contributed by atoms with Crippen molar-refractivity contribution >= 4 is 5.91 Å². The van der Waals surface area contributed by atoms with Gasteiger partial charge in [-0.05, 0) is 74.5 Å². The van der Waals surface area contributed by atoms with Gasteiger partial charge in [0.25, 0.3) is 0 Å². The Labute approximate surface area is 128 Å². The predicted molar refractivity (Wildman–Crippen MR) is 83.6 cm³/mol. The molecule has 0 aromatic carbocycles. The first-order valence-electron chi connectivity index (χ1n) is 9.09. The summed E-state index contributed by atoms with van der Waals surface area (Å²) in [6, 6.07) is 0. The molecule has 4 aliphatic carbocycles. The van der Waals surface area contributed by atoms with Crippen LogP contribution in [0.1, 0.15) is 58.3 Å². The van der Waals surface area contributed by atoms with Gasteiger partial charge in [0.2, 0.25) is 5.91 Å². The van der Waals surface area contributed by atoms with E-state index in [9.17, 15) is 4.79 Å². The molecule has 3 heteroatoms. The average molecular weight is 293 g/mol. The van der Waals surface area contributed by atoms with Gasteiger partial charge in [0.15, 0.2) is 0 Å². The molecule has 4 aliphatic rings. The lowest BCUT2D eigenvalue weighted by Crippen LogP contribution is -2.51. The highest BCUT2D eigenvalue weighted by Gasteiger charge is 2.50. The second-order valence-corrected chi connectivity index (χ2v) is 7.87. The molecule has 0 heterocycles. The summed E-state index contributed by atoms with van der Waals surface area (Å²) >= 11 is 0. The molecule has 4 saturated carbocycles. The fraction of sp³-hybridized carbons (Fsp3) is 0.944. The molecule has 0 radical (unpaired) electrons. The Bertz CT molecular complexity index is 334. The molecule has 1 atom stereocenters. The summed E-state index contributed by atoms with van der Waals surface area (Å²) in [4.78, 5) is 12.7. The van der Waals surface area contributed by atoms with Crippen molar-refractivity contribution in [1.82, 2.24) is 5.32 Å². The van der Waals surface area contributed by atoms with Crippen molar-refractivity contribution in [2.75, 3.05) is 13.2 Å². The smallest absolute Gasteiger partial charge is 0.223 e. The molecule has 120 valence electrons. The fourth-order valence-electron chi connectivity index (χ4n) is 5.66. The highest BCUT2D eigenvalue weighted by molar-refractivity contribution is 5.79. The zero-order valence-electron chi connectivity index (χ0n) is 13.4. The number of rotatable bonds is 7. The van der Waals surface area contributed by atoms with E-state index in [4.69, 9.17) is 5.11 Å². The first-order chi connectivity index (χ1) is 10.2. The Morgan fingerprint density at radius 3 is 2.24 bits per heavy atom. The van der Waals surface area contributed by atoms with E-state index in [0.717, 1.165) is 37.6 Å². The molecule has 21 heavy (non-hydrogen) atoms. The minimum absolute atomic E-state index is 0.235. The van der Waals surface area contributed by atoms with Crippen molar-refractivity contribution in [3.05, 3.63) is 0 Å². The van der Waals surface area contributed by atoms with E-state index in [0.29, 0.717) is 29.6 Å². The van der Waals surface area contributed by atoms with Crippen molar-refractivity contribution in [2.45, 2.75) is 58.3 Å². The SMILES string of the molecule is CCCC(CCO)CNC(=O)C1C2CC3CC(C2)CC1C3. The Morgan fingerprint density at radius 2 is 1.71 bits per heavy atom. The predicted octanol–water partition coefficient (Wildman–Crippen LogP) is 2.97. The van der Waals surface area contributed by atoms with Gasteiger partial charge in [-0.1, -0.05) is 13.3 Å². The third-order valence-electron chi connectivity index (χ3n) is 6.33. The van der Waals surface area contributed by atoms with Gasteiger partial charge >= 0.3 is 0 Å². The van der Waals surface area contributed by atoms with E-state index in [1.165, 1.54) is 32.1 Å². The van der Waals surface area contributed by atoms with Gasteiger partial charge in [-0.3, -0.25) is 4.79 Å². The number of aliphatic hydroxyl groups is 1. The Hall–Kier alpha value is -0.570. The van der Waals surface area contributed by atoms with Crippen molar-refractivity contribution in [3.63, 3.8) is 0 Å². The summed E-state index contributed by atoms with van der Waals surface area (Å²) in [5.74, 6) is 4.27. The lowest BCUT2D eigenvalue weighted by atomic mass is 9.51. The highest BCUT2D eigenvalue weighted by Crippen LogP contribution is 2.56. The summed E-state index contributed by atoms with van der Waals surface area (Å²) in [6.07, 6.45) is 9.70. The summed E-state index contributed by atoms with van der Waals surface area (Å²) in [7, 11) is 0. The maximum absolute atomic E-state index is 12.7. The van der Waals surface area contributed by atoms with Crippen LogP contribution in [0.4, 0.5) is 0 Å². The maximum Gasteiger partial charge on any atom is 0.223 e. The summed E-state index contributed by atoms with van der Waals surface area (Å²) < 4.78 is 0. The molecular weight excluding hydrogens is 262 g/mol. The molecule has 0 aromatic rings. The zero-order chi connectivity index (χ0) is 14.8. The van der Waals surface area contributed by atoms with Crippen LogP contribution in [0.2, 0.25) is 0 Å². The van der Waals surface area contributed by atoms with E-state index in [1.54, 1.807) is 0 Å². The lowest BCUT2D eigenvalue weighted by Gasteiger charge is -2.53. The van der Waals surface area contributed by atoms with Crippen LogP contribution in [-0.2, 0) is 4.79 Å². The van der Waals surface area contributed by atoms with Crippen molar-refractivity contribution in [1.29, 1.82) is 0 Å². The van der Waals surface area contributed by atoms with Gasteiger partial charge in [0, 0.05) is 19.1 Å². The monoisotopic (exact) mass is 293 g/mol. The Balaban J connectivity index is 1.53. The molecule has 4 fully saturated rings. The van der Waals surface area contributed by atoms with Crippen LogP contribution in [0.5, 0.6) is 0 Å². The second-order valence-electron chi connectivity index (χ2n) is 7.87. The largest absolute Gasteiger partial charge is 0.396 e. The normalized spacial score (nSPS) is 38.5. The van der Waals surface area contributed by atoms with Gasteiger partial charge in [0.05, 0.1) is 0 Å². The summed E-state index contributed by atoms with van der Waals surface area (Å²) in [5, 5.41) is 12.4. The number of nitrogens with one attached hydrogen (secondary N) is 1. The maximum atomic E-state index is 12.7. The quantitative estimate of drug-likeness (QED) is 0.758. The molecule has 4 bridgehead atoms. The topological polar surface area (TPSA) is 49.3 Å². The van der Waals surface area contributed by atoms with Gasteiger partial charge in [-0.15, -0.1) is 0 Å². The molecule has 3 nitrogen and oxygen atoms in total. The number of aliphatic hydroxyl groups excluding tert-OH is 1. The fourth-order valence-corrected chi connectivity index (χ4v) is 5.66. The second kappa shape index (κ2) is 6.68. The number of carbonyl (C=O) groups excluding carboxylic acids is 1. The Kier molecular flexibility index (Phi) is 4.88. The first-order valence-corrected chi connectivity index (χ1v) is 9.09. The third kappa shape index (κ3) is 3.28. The summed E-state index contributed by atoms with van der Waals surface area (Å²) in [6.45, 7) is 3.17. The molecule has 0 saturated heterocycles. The van der Waals surface area contributed by atoms with E-state index < -0.39 is 0 Å². The van der Waals surface area contributed by atoms with E-state index in [1.807, 2.05) is 0 Å². The minimum Gasteiger partial charge on any atom is -0.396 e. The molecule has 2 N–H and O–H groups in total. The Morgan fingerprint density at radius 1 is 1.10 bits per heavy atom.